The minimum Gasteiger partial charge on any atom is -0.494 e. The van der Waals surface area contributed by atoms with E-state index < -0.39 is 0 Å². The Balaban J connectivity index is 1.98. The first-order chi connectivity index (χ1) is 10.1. The van der Waals surface area contributed by atoms with Crippen LogP contribution in [0.1, 0.15) is 29.0 Å². The van der Waals surface area contributed by atoms with E-state index in [1.165, 1.54) is 16.7 Å². The van der Waals surface area contributed by atoms with Gasteiger partial charge >= 0.3 is 0 Å². The van der Waals surface area contributed by atoms with Crippen LogP contribution in [0.4, 0.5) is 0 Å². The maximum Gasteiger partial charge on any atom is 0.120 e. The fourth-order valence-electron chi connectivity index (χ4n) is 2.48. The summed E-state index contributed by atoms with van der Waals surface area (Å²) < 4.78 is 5.77. The molecule has 0 amide bonds. The van der Waals surface area contributed by atoms with Crippen LogP contribution in [0, 0.1) is 13.8 Å². The van der Waals surface area contributed by atoms with E-state index in [4.69, 9.17) is 22.1 Å². The Kier molecular flexibility index (Phi) is 5.66. The third-order valence-electron chi connectivity index (χ3n) is 3.69. The van der Waals surface area contributed by atoms with Crippen LogP contribution in [-0.2, 0) is 0 Å². The van der Waals surface area contributed by atoms with E-state index in [0.29, 0.717) is 24.1 Å². The molecule has 0 aliphatic rings. The number of ether oxygens (including phenoxy) is 1. The molecule has 0 aliphatic heterocycles. The SMILES string of the molecule is Cc1ccc(C)c(C(CN)CCOc2cccc(Cl)c2)c1. The first-order valence-electron chi connectivity index (χ1n) is 7.25. The summed E-state index contributed by atoms with van der Waals surface area (Å²) in [5.74, 6) is 1.13. The Morgan fingerprint density at radius 1 is 1.14 bits per heavy atom. The lowest BCUT2D eigenvalue weighted by Gasteiger charge is -2.18. The molecule has 1 atom stereocenters. The summed E-state index contributed by atoms with van der Waals surface area (Å²) in [4.78, 5) is 0. The van der Waals surface area contributed by atoms with Crippen LogP contribution in [0.5, 0.6) is 5.75 Å². The molecule has 0 aliphatic carbocycles. The second kappa shape index (κ2) is 7.48. The standard InChI is InChI=1S/C18H22ClNO/c1-13-6-7-14(2)18(10-13)15(12-20)8-9-21-17-5-3-4-16(19)11-17/h3-7,10-11,15H,8-9,12,20H2,1-2H3. The van der Waals surface area contributed by atoms with E-state index >= 15 is 0 Å². The predicted octanol–water partition coefficient (Wildman–Crippen LogP) is 4.47. The molecular formula is C18H22ClNO. The summed E-state index contributed by atoms with van der Waals surface area (Å²) in [6, 6.07) is 14.0. The number of hydrogen-bond donors (Lipinski definition) is 1. The van der Waals surface area contributed by atoms with E-state index in [9.17, 15) is 0 Å². The lowest BCUT2D eigenvalue weighted by atomic mass is 9.91. The Morgan fingerprint density at radius 2 is 1.95 bits per heavy atom. The molecule has 2 aromatic carbocycles. The van der Waals surface area contributed by atoms with Crippen LogP contribution in [0.25, 0.3) is 0 Å². The fraction of sp³-hybridized carbons (Fsp3) is 0.333. The first kappa shape index (κ1) is 15.9. The van der Waals surface area contributed by atoms with Crippen LogP contribution < -0.4 is 10.5 Å². The van der Waals surface area contributed by atoms with Crippen molar-refractivity contribution in [1.29, 1.82) is 0 Å². The number of aryl methyl sites for hydroxylation is 2. The van der Waals surface area contributed by atoms with Gasteiger partial charge in [0.05, 0.1) is 6.61 Å². The van der Waals surface area contributed by atoms with Crippen molar-refractivity contribution in [2.75, 3.05) is 13.2 Å². The number of benzene rings is 2. The van der Waals surface area contributed by atoms with Crippen molar-refractivity contribution < 1.29 is 4.74 Å². The Bertz CT molecular complexity index is 598. The smallest absolute Gasteiger partial charge is 0.120 e. The van der Waals surface area contributed by atoms with Gasteiger partial charge in [-0.1, -0.05) is 41.4 Å². The third kappa shape index (κ3) is 4.48. The topological polar surface area (TPSA) is 35.2 Å². The molecule has 0 heterocycles. The molecule has 0 bridgehead atoms. The van der Waals surface area contributed by atoms with Crippen molar-refractivity contribution in [2.24, 2.45) is 5.73 Å². The Morgan fingerprint density at radius 3 is 2.67 bits per heavy atom. The van der Waals surface area contributed by atoms with Gasteiger partial charge in [0.25, 0.3) is 0 Å². The minimum atomic E-state index is 0.323. The van der Waals surface area contributed by atoms with Gasteiger partial charge in [-0.05, 0) is 62.1 Å². The fourth-order valence-corrected chi connectivity index (χ4v) is 2.66. The highest BCUT2D eigenvalue weighted by Crippen LogP contribution is 2.24. The van der Waals surface area contributed by atoms with Gasteiger partial charge in [0.2, 0.25) is 0 Å². The van der Waals surface area contributed by atoms with Crippen molar-refractivity contribution in [3.05, 3.63) is 64.2 Å². The summed E-state index contributed by atoms with van der Waals surface area (Å²) >= 11 is 5.95. The highest BCUT2D eigenvalue weighted by molar-refractivity contribution is 6.30. The number of nitrogens with two attached hydrogens (primary N) is 1. The van der Waals surface area contributed by atoms with Crippen LogP contribution in [0.3, 0.4) is 0 Å². The van der Waals surface area contributed by atoms with E-state index in [2.05, 4.69) is 32.0 Å². The molecule has 0 saturated heterocycles. The maximum absolute atomic E-state index is 5.95. The Labute approximate surface area is 131 Å². The molecule has 21 heavy (non-hydrogen) atoms. The van der Waals surface area contributed by atoms with Gasteiger partial charge < -0.3 is 10.5 Å². The van der Waals surface area contributed by atoms with Gasteiger partial charge in [-0.25, -0.2) is 0 Å². The number of rotatable bonds is 6. The van der Waals surface area contributed by atoms with Crippen LogP contribution in [-0.4, -0.2) is 13.2 Å². The summed E-state index contributed by atoms with van der Waals surface area (Å²) in [5, 5.41) is 0.692. The van der Waals surface area contributed by atoms with Gasteiger partial charge in [0.1, 0.15) is 5.75 Å². The van der Waals surface area contributed by atoms with Crippen LogP contribution in [0.15, 0.2) is 42.5 Å². The second-order valence-corrected chi connectivity index (χ2v) is 5.82. The summed E-state index contributed by atoms with van der Waals surface area (Å²) in [5.41, 5.74) is 9.84. The molecule has 3 heteroatoms. The maximum atomic E-state index is 5.95. The van der Waals surface area contributed by atoms with Crippen molar-refractivity contribution >= 4 is 11.6 Å². The lowest BCUT2D eigenvalue weighted by Crippen LogP contribution is -2.16. The van der Waals surface area contributed by atoms with Gasteiger partial charge in [-0.3, -0.25) is 0 Å². The second-order valence-electron chi connectivity index (χ2n) is 5.39. The lowest BCUT2D eigenvalue weighted by molar-refractivity contribution is 0.298. The van der Waals surface area contributed by atoms with Gasteiger partial charge in [-0.2, -0.15) is 0 Å². The van der Waals surface area contributed by atoms with Gasteiger partial charge in [0, 0.05) is 5.02 Å². The molecule has 0 fully saturated rings. The Hall–Kier alpha value is -1.51. The summed E-state index contributed by atoms with van der Waals surface area (Å²) in [7, 11) is 0. The van der Waals surface area contributed by atoms with E-state index in [-0.39, 0.29) is 0 Å². The molecule has 0 spiro atoms. The van der Waals surface area contributed by atoms with E-state index in [0.717, 1.165) is 12.2 Å². The quantitative estimate of drug-likeness (QED) is 0.854. The predicted molar refractivity (Wildman–Crippen MR) is 89.3 cm³/mol. The molecule has 2 N–H and O–H groups in total. The van der Waals surface area contributed by atoms with Gasteiger partial charge in [-0.15, -0.1) is 0 Å². The van der Waals surface area contributed by atoms with Crippen LogP contribution in [0.2, 0.25) is 5.02 Å². The molecule has 0 saturated carbocycles. The largest absolute Gasteiger partial charge is 0.494 e. The molecular weight excluding hydrogens is 282 g/mol. The third-order valence-corrected chi connectivity index (χ3v) is 3.93. The van der Waals surface area contributed by atoms with Gasteiger partial charge in [0.15, 0.2) is 0 Å². The molecule has 112 valence electrons. The normalized spacial score (nSPS) is 12.2. The first-order valence-corrected chi connectivity index (χ1v) is 7.63. The highest BCUT2D eigenvalue weighted by Gasteiger charge is 2.12. The molecule has 2 aromatic rings. The molecule has 1 unspecified atom stereocenters. The van der Waals surface area contributed by atoms with Crippen molar-refractivity contribution in [3.63, 3.8) is 0 Å². The average Bonchev–Trinajstić information content (AvgIpc) is 2.47. The zero-order valence-electron chi connectivity index (χ0n) is 12.6. The minimum absolute atomic E-state index is 0.323. The molecule has 0 aromatic heterocycles. The molecule has 2 rings (SSSR count). The molecule has 0 radical (unpaired) electrons. The zero-order chi connectivity index (χ0) is 15.2. The summed E-state index contributed by atoms with van der Waals surface area (Å²) in [6.45, 7) is 5.51. The average molecular weight is 304 g/mol. The van der Waals surface area contributed by atoms with E-state index in [1.807, 2.05) is 24.3 Å². The van der Waals surface area contributed by atoms with Crippen molar-refractivity contribution in [1.82, 2.24) is 0 Å². The van der Waals surface area contributed by atoms with Crippen molar-refractivity contribution in [3.8, 4) is 5.75 Å². The van der Waals surface area contributed by atoms with Crippen LogP contribution >= 0.6 is 11.6 Å². The van der Waals surface area contributed by atoms with E-state index in [1.54, 1.807) is 0 Å². The monoisotopic (exact) mass is 303 g/mol. The number of hydrogen-bond acceptors (Lipinski definition) is 2. The summed E-state index contributed by atoms with van der Waals surface area (Å²) in [6.07, 6.45) is 0.896. The molecule has 2 nitrogen and oxygen atoms in total. The number of halogens is 1. The van der Waals surface area contributed by atoms with Crippen molar-refractivity contribution in [2.45, 2.75) is 26.2 Å². The zero-order valence-corrected chi connectivity index (χ0v) is 13.4. The highest BCUT2D eigenvalue weighted by atomic mass is 35.5.